The number of carbonyl (C=O) groups excluding carboxylic acids is 2. The van der Waals surface area contributed by atoms with Gasteiger partial charge in [-0.15, -0.1) is 0 Å². The number of fused-ring (bicyclic) bond motifs is 1. The highest BCUT2D eigenvalue weighted by molar-refractivity contribution is 6.04. The van der Waals surface area contributed by atoms with Gasteiger partial charge >= 0.3 is 0 Å². The Kier molecular flexibility index (Phi) is 5.16. The Morgan fingerprint density at radius 2 is 1.92 bits per heavy atom. The number of rotatable bonds is 3. The number of amides is 2. The smallest absolute Gasteiger partial charge is 0.251 e. The van der Waals surface area contributed by atoms with Gasteiger partial charge in [0.05, 0.1) is 5.69 Å². The van der Waals surface area contributed by atoms with Gasteiger partial charge in [0.15, 0.2) is 0 Å². The van der Waals surface area contributed by atoms with E-state index < -0.39 is 0 Å². The maximum atomic E-state index is 14.4. The van der Waals surface area contributed by atoms with E-state index in [2.05, 4.69) is 5.32 Å². The fraction of sp³-hybridized carbons (Fsp3) is 0.238. The third-order valence-electron chi connectivity index (χ3n) is 4.30. The number of nitrogens with zero attached hydrogens (tertiary/aromatic N) is 1. The van der Waals surface area contributed by atoms with Crippen LogP contribution in [-0.4, -0.2) is 18.4 Å². The van der Waals surface area contributed by atoms with Gasteiger partial charge in [-0.05, 0) is 60.7 Å². The van der Waals surface area contributed by atoms with Crippen molar-refractivity contribution >= 4 is 29.3 Å². The predicted molar refractivity (Wildman–Crippen MR) is 102 cm³/mol. The van der Waals surface area contributed by atoms with Crippen LogP contribution in [0.3, 0.4) is 0 Å². The quantitative estimate of drug-likeness (QED) is 0.846. The van der Waals surface area contributed by atoms with E-state index in [1.165, 1.54) is 24.0 Å². The van der Waals surface area contributed by atoms with Crippen LogP contribution in [0.4, 0.5) is 15.8 Å². The molecule has 2 aromatic rings. The van der Waals surface area contributed by atoms with Crippen molar-refractivity contribution in [2.24, 2.45) is 0 Å². The Bertz CT molecular complexity index is 872. The lowest BCUT2D eigenvalue weighted by atomic mass is 9.99. The number of hydrogen-bond donors (Lipinski definition) is 1. The van der Waals surface area contributed by atoms with E-state index in [0.717, 1.165) is 29.5 Å². The van der Waals surface area contributed by atoms with E-state index in [0.29, 0.717) is 17.9 Å². The van der Waals surface area contributed by atoms with E-state index >= 15 is 0 Å². The van der Waals surface area contributed by atoms with Crippen molar-refractivity contribution in [2.75, 3.05) is 16.8 Å². The standard InChI is InChI=1S/C21H21FN2O2/c1-14-12-17-4-3-11-24(21(17)19(22)13-14)20(26)10-7-16-5-8-18(9-6-16)23-15(2)25/h5-10,12-13H,3-4,11H2,1-2H3,(H,23,25). The summed E-state index contributed by atoms with van der Waals surface area (Å²) in [5.74, 6) is -0.717. The molecule has 0 radical (unpaired) electrons. The zero-order valence-corrected chi connectivity index (χ0v) is 14.9. The molecule has 0 aromatic heterocycles. The SMILES string of the molecule is CC(=O)Nc1ccc(C=CC(=O)N2CCCc3cc(C)cc(F)c32)cc1. The zero-order chi connectivity index (χ0) is 18.7. The highest BCUT2D eigenvalue weighted by Crippen LogP contribution is 2.31. The van der Waals surface area contributed by atoms with Crippen LogP contribution in [0.5, 0.6) is 0 Å². The lowest BCUT2D eigenvalue weighted by Crippen LogP contribution is -2.35. The first-order chi connectivity index (χ1) is 12.4. The maximum absolute atomic E-state index is 14.4. The van der Waals surface area contributed by atoms with Crippen LogP contribution in [0.2, 0.25) is 0 Å². The minimum atomic E-state index is -0.346. The molecule has 1 N–H and O–H groups in total. The predicted octanol–water partition coefficient (Wildman–Crippen LogP) is 4.09. The number of benzene rings is 2. The second kappa shape index (κ2) is 7.52. The van der Waals surface area contributed by atoms with E-state index in [9.17, 15) is 14.0 Å². The molecule has 1 heterocycles. The molecule has 0 bridgehead atoms. The van der Waals surface area contributed by atoms with Gasteiger partial charge in [0.2, 0.25) is 5.91 Å². The molecule has 0 aliphatic carbocycles. The Labute approximate surface area is 152 Å². The van der Waals surface area contributed by atoms with Crippen LogP contribution in [0, 0.1) is 12.7 Å². The second-order valence-electron chi connectivity index (χ2n) is 6.48. The number of halogens is 1. The number of aryl methyl sites for hydroxylation is 2. The minimum Gasteiger partial charge on any atom is -0.326 e. The topological polar surface area (TPSA) is 49.4 Å². The summed E-state index contributed by atoms with van der Waals surface area (Å²) in [7, 11) is 0. The Hall–Kier alpha value is -2.95. The fourth-order valence-electron chi connectivity index (χ4n) is 3.20. The molecule has 0 atom stereocenters. The molecule has 0 spiro atoms. The summed E-state index contributed by atoms with van der Waals surface area (Å²) >= 11 is 0. The first-order valence-corrected chi connectivity index (χ1v) is 8.60. The van der Waals surface area contributed by atoms with Gasteiger partial charge < -0.3 is 10.2 Å². The molecule has 0 saturated heterocycles. The van der Waals surface area contributed by atoms with Crippen LogP contribution in [-0.2, 0) is 16.0 Å². The summed E-state index contributed by atoms with van der Waals surface area (Å²) in [4.78, 5) is 25.1. The van der Waals surface area contributed by atoms with Crippen molar-refractivity contribution in [2.45, 2.75) is 26.7 Å². The van der Waals surface area contributed by atoms with Gasteiger partial charge in [-0.2, -0.15) is 0 Å². The molecule has 2 amide bonds. The maximum Gasteiger partial charge on any atom is 0.251 e. The molecule has 0 unspecified atom stereocenters. The highest BCUT2D eigenvalue weighted by Gasteiger charge is 2.24. The molecular formula is C21H21FN2O2. The van der Waals surface area contributed by atoms with Crippen LogP contribution in [0.1, 0.15) is 30.0 Å². The first-order valence-electron chi connectivity index (χ1n) is 8.60. The average molecular weight is 352 g/mol. The van der Waals surface area contributed by atoms with Gasteiger partial charge in [0.1, 0.15) is 5.82 Å². The summed E-state index contributed by atoms with van der Waals surface area (Å²) in [5, 5.41) is 2.69. The molecule has 0 fully saturated rings. The van der Waals surface area contributed by atoms with E-state index in [1.54, 1.807) is 18.2 Å². The molecule has 134 valence electrons. The summed E-state index contributed by atoms with van der Waals surface area (Å²) in [5.41, 5.74) is 3.68. The second-order valence-corrected chi connectivity index (χ2v) is 6.48. The molecule has 3 rings (SSSR count). The zero-order valence-electron chi connectivity index (χ0n) is 14.9. The normalized spacial score (nSPS) is 13.6. The first kappa shape index (κ1) is 17.9. The number of nitrogens with one attached hydrogen (secondary N) is 1. The monoisotopic (exact) mass is 352 g/mol. The van der Waals surface area contributed by atoms with E-state index in [1.807, 2.05) is 25.1 Å². The lowest BCUT2D eigenvalue weighted by Gasteiger charge is -2.29. The molecule has 1 aliphatic heterocycles. The average Bonchev–Trinajstić information content (AvgIpc) is 2.59. The molecule has 2 aromatic carbocycles. The van der Waals surface area contributed by atoms with Crippen molar-refractivity contribution in [3.8, 4) is 0 Å². The van der Waals surface area contributed by atoms with Crippen molar-refractivity contribution in [1.82, 2.24) is 0 Å². The van der Waals surface area contributed by atoms with Crippen LogP contribution >= 0.6 is 0 Å². The Balaban J connectivity index is 1.77. The van der Waals surface area contributed by atoms with E-state index in [-0.39, 0.29) is 17.6 Å². The summed E-state index contributed by atoms with van der Waals surface area (Å²) < 4.78 is 14.4. The van der Waals surface area contributed by atoms with Crippen molar-refractivity contribution < 1.29 is 14.0 Å². The van der Waals surface area contributed by atoms with Crippen molar-refractivity contribution in [3.05, 3.63) is 65.0 Å². The van der Waals surface area contributed by atoms with Gasteiger partial charge in [-0.3, -0.25) is 9.59 Å². The molecule has 4 nitrogen and oxygen atoms in total. The molecule has 1 aliphatic rings. The van der Waals surface area contributed by atoms with E-state index in [4.69, 9.17) is 0 Å². The van der Waals surface area contributed by atoms with Gasteiger partial charge in [0, 0.05) is 25.2 Å². The fourth-order valence-corrected chi connectivity index (χ4v) is 3.20. The highest BCUT2D eigenvalue weighted by atomic mass is 19.1. The Morgan fingerprint density at radius 1 is 1.19 bits per heavy atom. The third-order valence-corrected chi connectivity index (χ3v) is 4.30. The van der Waals surface area contributed by atoms with Gasteiger partial charge in [0.25, 0.3) is 5.91 Å². The van der Waals surface area contributed by atoms with Crippen molar-refractivity contribution in [3.63, 3.8) is 0 Å². The summed E-state index contributed by atoms with van der Waals surface area (Å²) in [6, 6.07) is 10.6. The molecule has 5 heteroatoms. The third kappa shape index (κ3) is 3.99. The van der Waals surface area contributed by atoms with Crippen LogP contribution < -0.4 is 10.2 Å². The number of carbonyl (C=O) groups is 2. The molecular weight excluding hydrogens is 331 g/mol. The number of anilines is 2. The molecule has 0 saturated carbocycles. The van der Waals surface area contributed by atoms with Gasteiger partial charge in [-0.1, -0.05) is 18.2 Å². The minimum absolute atomic E-state index is 0.135. The van der Waals surface area contributed by atoms with Crippen LogP contribution in [0.25, 0.3) is 6.08 Å². The van der Waals surface area contributed by atoms with Gasteiger partial charge in [-0.25, -0.2) is 4.39 Å². The lowest BCUT2D eigenvalue weighted by molar-refractivity contribution is -0.115. The van der Waals surface area contributed by atoms with Crippen molar-refractivity contribution in [1.29, 1.82) is 0 Å². The number of hydrogen-bond acceptors (Lipinski definition) is 2. The summed E-state index contributed by atoms with van der Waals surface area (Å²) in [6.07, 6.45) is 4.76. The van der Waals surface area contributed by atoms with Crippen LogP contribution in [0.15, 0.2) is 42.5 Å². The Morgan fingerprint density at radius 3 is 2.62 bits per heavy atom. The largest absolute Gasteiger partial charge is 0.326 e. The molecule has 26 heavy (non-hydrogen) atoms. The summed E-state index contributed by atoms with van der Waals surface area (Å²) in [6.45, 7) is 3.82.